The minimum Gasteiger partial charge on any atom is -0.349 e. The van der Waals surface area contributed by atoms with Crippen LogP contribution in [0.5, 0.6) is 0 Å². The van der Waals surface area contributed by atoms with Crippen molar-refractivity contribution in [3.63, 3.8) is 0 Å². The van der Waals surface area contributed by atoms with E-state index in [1.807, 2.05) is 25.4 Å². The van der Waals surface area contributed by atoms with Gasteiger partial charge in [0, 0.05) is 25.7 Å². The van der Waals surface area contributed by atoms with Crippen LogP contribution in [0, 0.1) is 7.05 Å². The molecule has 1 radical (unpaired) electrons. The number of para-hydroxylation sites is 1. The van der Waals surface area contributed by atoms with Crippen molar-refractivity contribution in [2.75, 3.05) is 0 Å². The molecule has 1 aromatic heterocycles. The fourth-order valence-corrected chi connectivity index (χ4v) is 2.54. The third-order valence-electron chi connectivity index (χ3n) is 2.34. The number of hydrogen-bond donors (Lipinski definition) is 1. The maximum Gasteiger partial charge on any atom is 0.242 e. The Balaban J connectivity index is 2.87. The topological polar surface area (TPSA) is 51.1 Å². The highest BCUT2D eigenvalue weighted by Gasteiger charge is 2.16. The first-order chi connectivity index (χ1) is 7.06. The highest BCUT2D eigenvalue weighted by atomic mass is 32.2. The van der Waals surface area contributed by atoms with E-state index >= 15 is 0 Å². The molecule has 1 heterocycles. The Labute approximate surface area is 88.6 Å². The van der Waals surface area contributed by atoms with Gasteiger partial charge in [-0.05, 0) is 12.1 Å². The molecule has 0 fully saturated rings. The van der Waals surface area contributed by atoms with Crippen LogP contribution in [-0.2, 0) is 17.1 Å². The normalized spacial score (nSPS) is 12.1. The number of benzene rings is 1. The second kappa shape index (κ2) is 3.36. The van der Waals surface area contributed by atoms with E-state index in [2.05, 4.69) is 11.8 Å². The predicted octanol–water partition coefficient (Wildman–Crippen LogP) is 1.25. The standard InChI is InChI=1S/C10H11N2O2S/c1-11-15(13,14)9-5-3-4-8-6-7-12(2)10(8)9/h3-7,11H,1H2,2H3. The van der Waals surface area contributed by atoms with Crippen LogP contribution < -0.4 is 4.72 Å². The molecule has 1 aromatic carbocycles. The van der Waals surface area contributed by atoms with Crippen LogP contribution in [0.25, 0.3) is 10.9 Å². The summed E-state index contributed by atoms with van der Waals surface area (Å²) in [5.41, 5.74) is 0.689. The Bertz CT molecular complexity index is 599. The zero-order chi connectivity index (χ0) is 11.1. The number of rotatable bonds is 2. The van der Waals surface area contributed by atoms with E-state index in [1.54, 1.807) is 16.7 Å². The molecule has 1 N–H and O–H groups in total. The van der Waals surface area contributed by atoms with Crippen LogP contribution in [0.3, 0.4) is 0 Å². The van der Waals surface area contributed by atoms with Crippen LogP contribution >= 0.6 is 0 Å². The van der Waals surface area contributed by atoms with Crippen LogP contribution in [0.4, 0.5) is 0 Å². The van der Waals surface area contributed by atoms with Crippen LogP contribution in [-0.4, -0.2) is 13.0 Å². The molecule has 0 bridgehead atoms. The predicted molar refractivity (Wildman–Crippen MR) is 58.6 cm³/mol. The van der Waals surface area contributed by atoms with E-state index in [-0.39, 0.29) is 4.90 Å². The minimum absolute atomic E-state index is 0.252. The zero-order valence-electron chi connectivity index (χ0n) is 8.27. The van der Waals surface area contributed by atoms with E-state index in [0.29, 0.717) is 5.52 Å². The molecular formula is C10H11N2O2S. The van der Waals surface area contributed by atoms with Gasteiger partial charge in [-0.25, -0.2) is 13.1 Å². The highest BCUT2D eigenvalue weighted by Crippen LogP contribution is 2.22. The maximum atomic E-state index is 11.7. The van der Waals surface area contributed by atoms with Crippen molar-refractivity contribution < 1.29 is 8.42 Å². The van der Waals surface area contributed by atoms with Gasteiger partial charge >= 0.3 is 0 Å². The first kappa shape index (κ1) is 10.2. The van der Waals surface area contributed by atoms with Gasteiger partial charge < -0.3 is 4.57 Å². The molecule has 0 atom stereocenters. The number of nitrogens with one attached hydrogen (secondary N) is 1. The van der Waals surface area contributed by atoms with Gasteiger partial charge in [-0.2, -0.15) is 0 Å². The molecule has 0 aliphatic heterocycles. The molecule has 2 aromatic rings. The SMILES string of the molecule is [CH2]NS(=O)(=O)c1cccc2ccn(C)c12. The Morgan fingerprint density at radius 2 is 2.07 bits per heavy atom. The molecular weight excluding hydrogens is 212 g/mol. The Hall–Kier alpha value is -1.33. The van der Waals surface area contributed by atoms with Gasteiger partial charge in [-0.1, -0.05) is 12.1 Å². The lowest BCUT2D eigenvalue weighted by Gasteiger charge is -2.05. The summed E-state index contributed by atoms with van der Waals surface area (Å²) < 4.78 is 27.2. The molecule has 0 saturated heterocycles. The van der Waals surface area contributed by atoms with E-state index in [9.17, 15) is 8.42 Å². The fourth-order valence-electron chi connectivity index (χ4n) is 1.61. The quantitative estimate of drug-likeness (QED) is 0.833. The summed E-state index contributed by atoms with van der Waals surface area (Å²) in [4.78, 5) is 0.252. The van der Waals surface area contributed by atoms with E-state index < -0.39 is 10.0 Å². The smallest absolute Gasteiger partial charge is 0.242 e. The minimum atomic E-state index is -3.50. The number of nitrogens with zero attached hydrogens (tertiary/aromatic N) is 1. The third kappa shape index (κ3) is 1.53. The zero-order valence-corrected chi connectivity index (χ0v) is 9.08. The largest absolute Gasteiger partial charge is 0.349 e. The summed E-state index contributed by atoms with van der Waals surface area (Å²) >= 11 is 0. The number of sulfonamides is 1. The molecule has 2 rings (SSSR count). The molecule has 0 aliphatic rings. The number of fused-ring (bicyclic) bond motifs is 1. The Kier molecular flexibility index (Phi) is 2.28. The summed E-state index contributed by atoms with van der Waals surface area (Å²) in [5, 5.41) is 0.897. The lowest BCUT2D eigenvalue weighted by atomic mass is 10.2. The molecule has 5 heteroatoms. The highest BCUT2D eigenvalue weighted by molar-refractivity contribution is 7.89. The summed E-state index contributed by atoms with van der Waals surface area (Å²) in [7, 11) is 1.52. The van der Waals surface area contributed by atoms with E-state index in [1.165, 1.54) is 0 Å². The lowest BCUT2D eigenvalue weighted by Crippen LogP contribution is -2.17. The van der Waals surface area contributed by atoms with Crippen molar-refractivity contribution in [2.24, 2.45) is 7.05 Å². The summed E-state index contributed by atoms with van der Waals surface area (Å²) in [5.74, 6) is 0. The van der Waals surface area contributed by atoms with Gasteiger partial charge in [-0.15, -0.1) is 0 Å². The summed E-state index contributed by atoms with van der Waals surface area (Å²) in [6.45, 7) is 0. The van der Waals surface area contributed by atoms with Crippen molar-refractivity contribution in [3.8, 4) is 0 Å². The van der Waals surface area contributed by atoms with E-state index in [0.717, 1.165) is 5.39 Å². The van der Waals surface area contributed by atoms with Crippen molar-refractivity contribution in [2.45, 2.75) is 4.90 Å². The number of hydrogen-bond acceptors (Lipinski definition) is 2. The lowest BCUT2D eigenvalue weighted by molar-refractivity contribution is 0.591. The molecule has 79 valence electrons. The molecule has 0 unspecified atom stereocenters. The van der Waals surface area contributed by atoms with Crippen LogP contribution in [0.2, 0.25) is 0 Å². The maximum absolute atomic E-state index is 11.7. The number of aryl methyl sites for hydroxylation is 1. The van der Waals surface area contributed by atoms with Crippen molar-refractivity contribution in [3.05, 3.63) is 37.5 Å². The van der Waals surface area contributed by atoms with Gasteiger partial charge in [-0.3, -0.25) is 0 Å². The third-order valence-corrected chi connectivity index (χ3v) is 3.63. The fraction of sp³-hybridized carbons (Fsp3) is 0.100. The van der Waals surface area contributed by atoms with Gasteiger partial charge in [0.25, 0.3) is 0 Å². The molecule has 0 aliphatic carbocycles. The monoisotopic (exact) mass is 223 g/mol. The van der Waals surface area contributed by atoms with Gasteiger partial charge in [0.2, 0.25) is 10.0 Å². The average molecular weight is 223 g/mol. The van der Waals surface area contributed by atoms with Crippen LogP contribution in [0.1, 0.15) is 0 Å². The first-order valence-electron chi connectivity index (χ1n) is 4.39. The first-order valence-corrected chi connectivity index (χ1v) is 5.87. The molecule has 0 amide bonds. The van der Waals surface area contributed by atoms with Crippen molar-refractivity contribution >= 4 is 20.9 Å². The number of aromatic nitrogens is 1. The van der Waals surface area contributed by atoms with Crippen LogP contribution in [0.15, 0.2) is 35.4 Å². The Morgan fingerprint density at radius 3 is 2.73 bits per heavy atom. The van der Waals surface area contributed by atoms with Crippen molar-refractivity contribution in [1.29, 1.82) is 0 Å². The summed E-state index contributed by atoms with van der Waals surface area (Å²) in [6, 6.07) is 7.03. The molecule has 0 spiro atoms. The molecule has 15 heavy (non-hydrogen) atoms. The second-order valence-electron chi connectivity index (χ2n) is 3.27. The second-order valence-corrected chi connectivity index (χ2v) is 5.00. The summed E-state index contributed by atoms with van der Waals surface area (Å²) in [6.07, 6.45) is 1.83. The molecule has 0 saturated carbocycles. The molecule has 4 nitrogen and oxygen atoms in total. The Morgan fingerprint density at radius 1 is 1.33 bits per heavy atom. The average Bonchev–Trinajstić information content (AvgIpc) is 2.60. The van der Waals surface area contributed by atoms with E-state index in [4.69, 9.17) is 0 Å². The van der Waals surface area contributed by atoms with Gasteiger partial charge in [0.1, 0.15) is 4.90 Å². The van der Waals surface area contributed by atoms with Gasteiger partial charge in [0.15, 0.2) is 0 Å². The van der Waals surface area contributed by atoms with Crippen molar-refractivity contribution in [1.82, 2.24) is 9.29 Å². The van der Waals surface area contributed by atoms with Gasteiger partial charge in [0.05, 0.1) is 5.52 Å².